The van der Waals surface area contributed by atoms with E-state index in [1.54, 1.807) is 0 Å². The number of hydrogen-bond donors (Lipinski definition) is 0. The van der Waals surface area contributed by atoms with Crippen molar-refractivity contribution >= 4 is 15.9 Å². The standard InChI is InChI=1S/C19H41BrN/c1-5-6-7-8-9-10-11-12-13-14-15-16-17-18-19(20)21(2,3)4/h19H,5-18H2,1-4H3/q+1. The minimum atomic E-state index is 0.616. The number of quaternary nitrogens is 1. The molecule has 0 saturated heterocycles. The molecule has 0 aromatic heterocycles. The second kappa shape index (κ2) is 14.1. The number of nitrogens with zero attached hydrogens (tertiary/aromatic N) is 1. The summed E-state index contributed by atoms with van der Waals surface area (Å²) >= 11 is 3.80. The summed E-state index contributed by atoms with van der Waals surface area (Å²) in [4.78, 5) is 0.616. The number of alkyl halides is 1. The van der Waals surface area contributed by atoms with E-state index >= 15 is 0 Å². The van der Waals surface area contributed by atoms with Crippen LogP contribution < -0.4 is 0 Å². The van der Waals surface area contributed by atoms with Gasteiger partial charge in [0.1, 0.15) is 4.95 Å². The van der Waals surface area contributed by atoms with E-state index < -0.39 is 0 Å². The zero-order valence-corrected chi connectivity index (χ0v) is 16.9. The second-order valence-corrected chi connectivity index (χ2v) is 8.64. The van der Waals surface area contributed by atoms with Crippen LogP contribution in [-0.4, -0.2) is 30.6 Å². The van der Waals surface area contributed by atoms with Gasteiger partial charge < -0.3 is 4.48 Å². The summed E-state index contributed by atoms with van der Waals surface area (Å²) in [5, 5.41) is 0. The normalized spacial score (nSPS) is 13.6. The SMILES string of the molecule is CCCCCCCCCCCCCCCC(Br)[N+](C)(C)C. The highest BCUT2D eigenvalue weighted by atomic mass is 79.9. The van der Waals surface area contributed by atoms with Crippen LogP contribution in [0.25, 0.3) is 0 Å². The zero-order chi connectivity index (χ0) is 16.0. The molecule has 0 aromatic carbocycles. The minimum Gasteiger partial charge on any atom is -0.320 e. The van der Waals surface area contributed by atoms with Crippen LogP contribution >= 0.6 is 15.9 Å². The highest BCUT2D eigenvalue weighted by Crippen LogP contribution is 2.19. The Labute approximate surface area is 143 Å². The lowest BCUT2D eigenvalue weighted by molar-refractivity contribution is -0.879. The Morgan fingerprint density at radius 3 is 1.29 bits per heavy atom. The Hall–Kier alpha value is 0.440. The van der Waals surface area contributed by atoms with Gasteiger partial charge in [-0.1, -0.05) is 84.0 Å². The van der Waals surface area contributed by atoms with Crippen LogP contribution in [0.5, 0.6) is 0 Å². The molecule has 0 aliphatic carbocycles. The maximum atomic E-state index is 3.80. The Morgan fingerprint density at radius 2 is 0.952 bits per heavy atom. The van der Waals surface area contributed by atoms with Crippen LogP contribution in [0.2, 0.25) is 0 Å². The van der Waals surface area contributed by atoms with Crippen molar-refractivity contribution in [1.29, 1.82) is 0 Å². The van der Waals surface area contributed by atoms with Gasteiger partial charge in [0, 0.05) is 6.42 Å². The van der Waals surface area contributed by atoms with Crippen LogP contribution in [0, 0.1) is 0 Å². The first kappa shape index (κ1) is 21.4. The van der Waals surface area contributed by atoms with Gasteiger partial charge in [-0.2, -0.15) is 0 Å². The molecular formula is C19H41BrN+. The van der Waals surface area contributed by atoms with Crippen molar-refractivity contribution < 1.29 is 4.48 Å². The molecule has 1 nitrogen and oxygen atoms in total. The highest BCUT2D eigenvalue weighted by molar-refractivity contribution is 9.09. The van der Waals surface area contributed by atoms with Crippen molar-refractivity contribution in [2.24, 2.45) is 0 Å². The molecule has 0 N–H and O–H groups in total. The quantitative estimate of drug-likeness (QED) is 0.129. The Morgan fingerprint density at radius 1 is 0.619 bits per heavy atom. The number of hydrogen-bond acceptors (Lipinski definition) is 0. The lowest BCUT2D eigenvalue weighted by Gasteiger charge is -2.30. The average molecular weight is 363 g/mol. The molecule has 0 fully saturated rings. The van der Waals surface area contributed by atoms with Crippen LogP contribution in [0.15, 0.2) is 0 Å². The largest absolute Gasteiger partial charge is 0.320 e. The predicted molar refractivity (Wildman–Crippen MR) is 101 cm³/mol. The molecule has 0 aromatic rings. The van der Waals surface area contributed by atoms with Gasteiger partial charge in [0.05, 0.1) is 21.1 Å². The summed E-state index contributed by atoms with van der Waals surface area (Å²) in [6, 6.07) is 0. The topological polar surface area (TPSA) is 0 Å². The molecule has 0 amide bonds. The van der Waals surface area contributed by atoms with Crippen LogP contribution in [0.1, 0.15) is 96.8 Å². The Bertz CT molecular complexity index is 210. The van der Waals surface area contributed by atoms with Crippen molar-refractivity contribution in [1.82, 2.24) is 0 Å². The summed E-state index contributed by atoms with van der Waals surface area (Å²) in [6.45, 7) is 2.29. The van der Waals surface area contributed by atoms with Gasteiger partial charge in [0.15, 0.2) is 0 Å². The van der Waals surface area contributed by atoms with Crippen LogP contribution in [0.4, 0.5) is 0 Å². The Balaban J connectivity index is 3.13. The molecule has 1 unspecified atom stereocenters. The smallest absolute Gasteiger partial charge is 0.143 e. The third-order valence-corrected chi connectivity index (χ3v) is 6.07. The first-order valence-corrected chi connectivity index (χ1v) is 10.3. The number of unbranched alkanes of at least 4 members (excludes halogenated alkanes) is 12. The molecule has 0 heterocycles. The molecule has 0 rings (SSSR count). The van der Waals surface area contributed by atoms with E-state index in [4.69, 9.17) is 0 Å². The van der Waals surface area contributed by atoms with Gasteiger partial charge >= 0.3 is 0 Å². The first-order chi connectivity index (χ1) is 9.98. The van der Waals surface area contributed by atoms with Gasteiger partial charge in [0.2, 0.25) is 0 Å². The first-order valence-electron chi connectivity index (χ1n) is 9.43. The third kappa shape index (κ3) is 15.1. The van der Waals surface area contributed by atoms with Gasteiger partial charge in [0.25, 0.3) is 0 Å². The van der Waals surface area contributed by atoms with Crippen molar-refractivity contribution in [2.45, 2.75) is 102 Å². The van der Waals surface area contributed by atoms with Crippen molar-refractivity contribution in [3.05, 3.63) is 0 Å². The van der Waals surface area contributed by atoms with E-state index in [1.165, 1.54) is 89.9 Å². The number of rotatable bonds is 15. The lowest BCUT2D eigenvalue weighted by Crippen LogP contribution is -2.41. The van der Waals surface area contributed by atoms with E-state index in [0.29, 0.717) is 4.95 Å². The summed E-state index contributed by atoms with van der Waals surface area (Å²) in [6.07, 6.45) is 20.0. The van der Waals surface area contributed by atoms with E-state index in [2.05, 4.69) is 44.0 Å². The van der Waals surface area contributed by atoms with Gasteiger partial charge in [-0.05, 0) is 22.4 Å². The van der Waals surface area contributed by atoms with Crippen LogP contribution in [0.3, 0.4) is 0 Å². The van der Waals surface area contributed by atoms with Crippen molar-refractivity contribution in [3.8, 4) is 0 Å². The summed E-state index contributed by atoms with van der Waals surface area (Å²) in [5.74, 6) is 0. The molecule has 128 valence electrons. The molecule has 21 heavy (non-hydrogen) atoms. The molecule has 0 aliphatic rings. The van der Waals surface area contributed by atoms with E-state index in [0.717, 1.165) is 4.48 Å². The molecule has 0 saturated carbocycles. The molecular weight excluding hydrogens is 322 g/mol. The van der Waals surface area contributed by atoms with Crippen molar-refractivity contribution in [3.63, 3.8) is 0 Å². The average Bonchev–Trinajstić information content (AvgIpc) is 2.42. The maximum Gasteiger partial charge on any atom is 0.143 e. The van der Waals surface area contributed by atoms with Crippen molar-refractivity contribution in [2.75, 3.05) is 21.1 Å². The summed E-state index contributed by atoms with van der Waals surface area (Å²) < 4.78 is 1.03. The molecule has 1 atom stereocenters. The summed E-state index contributed by atoms with van der Waals surface area (Å²) in [7, 11) is 6.80. The minimum absolute atomic E-state index is 0.616. The summed E-state index contributed by atoms with van der Waals surface area (Å²) in [5.41, 5.74) is 0. The second-order valence-electron chi connectivity index (χ2n) is 7.58. The maximum absolute atomic E-state index is 3.80. The van der Waals surface area contributed by atoms with E-state index in [9.17, 15) is 0 Å². The molecule has 0 aliphatic heterocycles. The van der Waals surface area contributed by atoms with Gasteiger partial charge in [-0.3, -0.25) is 0 Å². The molecule has 0 spiro atoms. The van der Waals surface area contributed by atoms with Gasteiger partial charge in [-0.15, -0.1) is 0 Å². The fourth-order valence-corrected chi connectivity index (χ4v) is 3.04. The lowest BCUT2D eigenvalue weighted by atomic mass is 10.0. The fraction of sp³-hybridized carbons (Fsp3) is 1.00. The molecule has 0 radical (unpaired) electrons. The Kier molecular flexibility index (Phi) is 14.4. The third-order valence-electron chi connectivity index (χ3n) is 4.39. The zero-order valence-electron chi connectivity index (χ0n) is 15.3. The predicted octanol–water partition coefficient (Wildman–Crippen LogP) is 6.89. The van der Waals surface area contributed by atoms with E-state index in [-0.39, 0.29) is 0 Å². The number of halogens is 1. The highest BCUT2D eigenvalue weighted by Gasteiger charge is 2.18. The molecule has 2 heteroatoms. The van der Waals surface area contributed by atoms with Gasteiger partial charge in [-0.25, -0.2) is 0 Å². The van der Waals surface area contributed by atoms with Crippen LogP contribution in [-0.2, 0) is 0 Å². The monoisotopic (exact) mass is 362 g/mol. The van der Waals surface area contributed by atoms with E-state index in [1.807, 2.05) is 0 Å². The fourth-order valence-electron chi connectivity index (χ4n) is 2.72. The molecule has 0 bridgehead atoms.